The van der Waals surface area contributed by atoms with Crippen molar-refractivity contribution in [3.8, 4) is 0 Å². The number of halogens is 1. The van der Waals surface area contributed by atoms with Crippen molar-refractivity contribution in [2.24, 2.45) is 0 Å². The summed E-state index contributed by atoms with van der Waals surface area (Å²) in [6.45, 7) is 0. The highest BCUT2D eigenvalue weighted by Gasteiger charge is 2.24. The highest BCUT2D eigenvalue weighted by atomic mass is 19.1. The SMILES string of the molecule is O=c1c2[nH]c3ccc(F)cc3c2[nH+]cn1C1CCCCC1. The van der Waals surface area contributed by atoms with E-state index < -0.39 is 0 Å². The average Bonchev–Trinajstić information content (AvgIpc) is 2.87. The summed E-state index contributed by atoms with van der Waals surface area (Å²) in [4.78, 5) is 19.0. The van der Waals surface area contributed by atoms with Crippen LogP contribution < -0.4 is 10.5 Å². The number of fused-ring (bicyclic) bond motifs is 3. The number of benzene rings is 1. The lowest BCUT2D eigenvalue weighted by atomic mass is 9.95. The Bertz CT molecular complexity index is 874. The van der Waals surface area contributed by atoms with E-state index >= 15 is 0 Å². The molecule has 2 heterocycles. The second kappa shape index (κ2) is 4.69. The van der Waals surface area contributed by atoms with E-state index in [4.69, 9.17) is 0 Å². The zero-order valence-electron chi connectivity index (χ0n) is 11.7. The van der Waals surface area contributed by atoms with Crippen molar-refractivity contribution in [3.63, 3.8) is 0 Å². The van der Waals surface area contributed by atoms with Gasteiger partial charge in [0, 0.05) is 0 Å². The van der Waals surface area contributed by atoms with Gasteiger partial charge in [0.15, 0.2) is 11.0 Å². The van der Waals surface area contributed by atoms with E-state index in [9.17, 15) is 9.18 Å². The molecule has 4 rings (SSSR count). The molecular formula is C16H17FN3O+. The van der Waals surface area contributed by atoms with Gasteiger partial charge in [0.05, 0.1) is 10.9 Å². The van der Waals surface area contributed by atoms with Crippen LogP contribution in [0.1, 0.15) is 38.1 Å². The Labute approximate surface area is 120 Å². The van der Waals surface area contributed by atoms with Gasteiger partial charge in [-0.25, -0.2) is 14.2 Å². The lowest BCUT2D eigenvalue weighted by molar-refractivity contribution is -0.352. The van der Waals surface area contributed by atoms with Gasteiger partial charge in [-0.15, -0.1) is 0 Å². The summed E-state index contributed by atoms with van der Waals surface area (Å²) in [5.74, 6) is -0.298. The maximum Gasteiger partial charge on any atom is 0.361 e. The van der Waals surface area contributed by atoms with E-state index in [2.05, 4.69) is 9.97 Å². The predicted molar refractivity (Wildman–Crippen MR) is 78.7 cm³/mol. The number of nitrogens with zero attached hydrogens (tertiary/aromatic N) is 1. The van der Waals surface area contributed by atoms with Gasteiger partial charge in [0.1, 0.15) is 11.9 Å². The van der Waals surface area contributed by atoms with E-state index in [0.717, 1.165) is 23.7 Å². The molecule has 2 N–H and O–H groups in total. The molecule has 3 aromatic rings. The van der Waals surface area contributed by atoms with E-state index in [1.54, 1.807) is 17.0 Å². The molecule has 1 aromatic carbocycles. The number of rotatable bonds is 1. The molecular weight excluding hydrogens is 269 g/mol. The van der Waals surface area contributed by atoms with Gasteiger partial charge in [0.2, 0.25) is 6.33 Å². The quantitative estimate of drug-likeness (QED) is 0.734. The summed E-state index contributed by atoms with van der Waals surface area (Å²) in [6.07, 6.45) is 7.45. The number of aromatic nitrogens is 3. The fraction of sp³-hybridized carbons (Fsp3) is 0.375. The summed E-state index contributed by atoms with van der Waals surface area (Å²) in [5.41, 5.74) is 1.97. The Morgan fingerprint density at radius 1 is 1.24 bits per heavy atom. The van der Waals surface area contributed by atoms with Crippen molar-refractivity contribution >= 4 is 21.9 Å². The van der Waals surface area contributed by atoms with Crippen LogP contribution in [0.5, 0.6) is 0 Å². The fourth-order valence-corrected chi connectivity index (χ4v) is 3.43. The maximum atomic E-state index is 13.4. The van der Waals surface area contributed by atoms with Gasteiger partial charge < -0.3 is 4.98 Å². The average molecular weight is 286 g/mol. The van der Waals surface area contributed by atoms with Crippen LogP contribution >= 0.6 is 0 Å². The number of hydrogen-bond donors (Lipinski definition) is 1. The highest BCUT2D eigenvalue weighted by Crippen LogP contribution is 2.27. The molecule has 0 saturated heterocycles. The van der Waals surface area contributed by atoms with Gasteiger partial charge in [0.25, 0.3) is 0 Å². The van der Waals surface area contributed by atoms with Crippen LogP contribution in [0, 0.1) is 5.82 Å². The molecule has 0 spiro atoms. The summed E-state index contributed by atoms with van der Waals surface area (Å²) in [7, 11) is 0. The molecule has 0 radical (unpaired) electrons. The van der Waals surface area contributed by atoms with Gasteiger partial charge in [-0.3, -0.25) is 0 Å². The standard InChI is InChI=1S/C16H16FN3O/c17-10-6-7-13-12(8-10)14-15(19-13)16(21)20(9-18-14)11-4-2-1-3-5-11/h6-9,11,19H,1-5H2/p+1. The Morgan fingerprint density at radius 3 is 2.86 bits per heavy atom. The molecule has 1 saturated carbocycles. The lowest BCUT2D eigenvalue weighted by Crippen LogP contribution is -2.30. The first-order valence-corrected chi connectivity index (χ1v) is 7.48. The van der Waals surface area contributed by atoms with Crippen molar-refractivity contribution < 1.29 is 9.37 Å². The molecule has 1 fully saturated rings. The summed E-state index contributed by atoms with van der Waals surface area (Å²) >= 11 is 0. The smallest absolute Gasteiger partial charge is 0.345 e. The first-order valence-electron chi connectivity index (χ1n) is 7.48. The minimum atomic E-state index is -0.298. The topological polar surface area (TPSA) is 51.9 Å². The molecule has 5 heteroatoms. The lowest BCUT2D eigenvalue weighted by Gasteiger charge is -2.18. The highest BCUT2D eigenvalue weighted by molar-refractivity contribution is 6.02. The Kier molecular flexibility index (Phi) is 2.80. The van der Waals surface area contributed by atoms with Crippen LogP contribution in [0.25, 0.3) is 21.9 Å². The van der Waals surface area contributed by atoms with Crippen molar-refractivity contribution in [2.75, 3.05) is 0 Å². The first-order chi connectivity index (χ1) is 10.2. The largest absolute Gasteiger partial charge is 0.361 e. The number of aromatic amines is 2. The molecule has 0 amide bonds. The summed E-state index contributed by atoms with van der Waals surface area (Å²) in [5, 5.41) is 0.720. The number of nitrogens with one attached hydrogen (secondary N) is 2. The molecule has 2 aromatic heterocycles. The van der Waals surface area contributed by atoms with Gasteiger partial charge >= 0.3 is 5.56 Å². The zero-order chi connectivity index (χ0) is 14.4. The Balaban J connectivity index is 1.94. The maximum absolute atomic E-state index is 13.4. The molecule has 0 atom stereocenters. The van der Waals surface area contributed by atoms with Crippen LogP contribution in [0.3, 0.4) is 0 Å². The molecule has 1 aliphatic rings. The summed E-state index contributed by atoms with van der Waals surface area (Å²) < 4.78 is 15.2. The minimum absolute atomic E-state index is 0.0211. The summed E-state index contributed by atoms with van der Waals surface area (Å²) in [6, 6.07) is 4.80. The van der Waals surface area contributed by atoms with E-state index in [1.165, 1.54) is 31.4 Å². The normalized spacial score (nSPS) is 16.8. The van der Waals surface area contributed by atoms with Crippen LogP contribution in [0.2, 0.25) is 0 Å². The van der Waals surface area contributed by atoms with E-state index in [-0.39, 0.29) is 17.4 Å². The van der Waals surface area contributed by atoms with Crippen molar-refractivity contribution in [1.82, 2.24) is 9.55 Å². The van der Waals surface area contributed by atoms with Gasteiger partial charge in [-0.05, 0) is 43.9 Å². The third-order valence-electron chi connectivity index (χ3n) is 4.53. The Morgan fingerprint density at radius 2 is 2.05 bits per heavy atom. The van der Waals surface area contributed by atoms with Crippen LogP contribution in [0.4, 0.5) is 4.39 Å². The molecule has 0 bridgehead atoms. The monoisotopic (exact) mass is 286 g/mol. The van der Waals surface area contributed by atoms with E-state index in [1.807, 2.05) is 0 Å². The second-order valence-electron chi connectivity index (χ2n) is 5.84. The Hall–Kier alpha value is -2.17. The van der Waals surface area contributed by atoms with Crippen molar-refractivity contribution in [1.29, 1.82) is 0 Å². The first kappa shape index (κ1) is 12.6. The molecule has 0 aliphatic heterocycles. The fourth-order valence-electron chi connectivity index (χ4n) is 3.43. The molecule has 1 aliphatic carbocycles. The molecule has 4 nitrogen and oxygen atoms in total. The predicted octanol–water partition coefficient (Wildman–Crippen LogP) is 2.94. The number of H-pyrrole nitrogens is 2. The van der Waals surface area contributed by atoms with Crippen molar-refractivity contribution in [3.05, 3.63) is 40.7 Å². The third kappa shape index (κ3) is 1.95. The minimum Gasteiger partial charge on any atom is -0.345 e. The van der Waals surface area contributed by atoms with E-state index in [0.29, 0.717) is 11.0 Å². The third-order valence-corrected chi connectivity index (χ3v) is 4.53. The van der Waals surface area contributed by atoms with Crippen molar-refractivity contribution in [2.45, 2.75) is 38.1 Å². The van der Waals surface area contributed by atoms with Crippen LogP contribution in [-0.2, 0) is 0 Å². The van der Waals surface area contributed by atoms with Crippen LogP contribution in [-0.4, -0.2) is 9.55 Å². The van der Waals surface area contributed by atoms with Gasteiger partial charge in [-0.1, -0.05) is 6.42 Å². The molecule has 108 valence electrons. The second-order valence-corrected chi connectivity index (χ2v) is 5.84. The molecule has 21 heavy (non-hydrogen) atoms. The zero-order valence-corrected chi connectivity index (χ0v) is 11.7. The number of hydrogen-bond acceptors (Lipinski definition) is 1. The van der Waals surface area contributed by atoms with Crippen LogP contribution in [0.15, 0.2) is 29.3 Å². The molecule has 0 unspecified atom stereocenters. The van der Waals surface area contributed by atoms with Gasteiger partial charge in [-0.2, -0.15) is 4.57 Å².